The van der Waals surface area contributed by atoms with Crippen LogP contribution in [-0.4, -0.2) is 32.9 Å². The number of hydrogen-bond donors (Lipinski definition) is 0. The van der Waals surface area contributed by atoms with Crippen LogP contribution in [0.15, 0.2) is 12.3 Å². The summed E-state index contributed by atoms with van der Waals surface area (Å²) < 4.78 is 23.4. The molecule has 0 aliphatic rings. The highest BCUT2D eigenvalue weighted by atomic mass is 16.7. The van der Waals surface area contributed by atoms with Crippen LogP contribution in [0, 0.1) is 0 Å². The largest absolute Gasteiger partial charge is 0.475 e. The van der Waals surface area contributed by atoms with Gasteiger partial charge in [0.2, 0.25) is 0 Å². The fourth-order valence-corrected chi connectivity index (χ4v) is 5.66. The molecule has 0 fully saturated rings. The zero-order valence-electron chi connectivity index (χ0n) is 30.4. The molecule has 0 aromatic rings. The molecule has 0 unspecified atom stereocenters. The first kappa shape index (κ1) is 43.4. The molecule has 0 aromatic heterocycles. The minimum atomic E-state index is 0.0168. The van der Waals surface area contributed by atoms with Crippen molar-refractivity contribution >= 4 is 0 Å². The summed E-state index contributed by atoms with van der Waals surface area (Å²) in [4.78, 5) is 0. The van der Waals surface area contributed by atoms with Gasteiger partial charge in [-0.25, -0.2) is 0 Å². The van der Waals surface area contributed by atoms with E-state index in [1.807, 2.05) is 6.26 Å². The van der Waals surface area contributed by atoms with Crippen LogP contribution in [0.5, 0.6) is 0 Å². The molecule has 0 aromatic carbocycles. The van der Waals surface area contributed by atoms with Crippen molar-refractivity contribution in [3.8, 4) is 0 Å². The van der Waals surface area contributed by atoms with E-state index in [-0.39, 0.29) is 6.29 Å². The summed E-state index contributed by atoms with van der Waals surface area (Å²) in [6.45, 7) is 9.78. The summed E-state index contributed by atoms with van der Waals surface area (Å²) in [6, 6.07) is 0. The zero-order valence-corrected chi connectivity index (χ0v) is 30.4. The Hall–Kier alpha value is -0.580. The topological polar surface area (TPSA) is 36.9 Å². The van der Waals surface area contributed by atoms with Gasteiger partial charge < -0.3 is 18.9 Å². The molecule has 0 atom stereocenters. The van der Waals surface area contributed by atoms with Crippen molar-refractivity contribution in [3.05, 3.63) is 12.3 Å². The molecule has 0 saturated carbocycles. The molecule has 0 saturated heterocycles. The third-order valence-electron chi connectivity index (χ3n) is 8.65. The molecule has 0 aliphatic heterocycles. The van der Waals surface area contributed by atoms with E-state index < -0.39 is 0 Å². The van der Waals surface area contributed by atoms with Gasteiger partial charge in [-0.05, 0) is 51.0 Å². The summed E-state index contributed by atoms with van der Waals surface area (Å²) >= 11 is 0. The molecule has 44 heavy (non-hydrogen) atoms. The molecule has 4 nitrogen and oxygen atoms in total. The van der Waals surface area contributed by atoms with Gasteiger partial charge in [0.1, 0.15) is 0 Å². The molecular formula is C40H80O4. The van der Waals surface area contributed by atoms with E-state index in [2.05, 4.69) is 26.8 Å². The number of unbranched alkanes of at least 4 members (excludes halogenated alkanes) is 25. The quantitative estimate of drug-likeness (QED) is 0.0387. The number of hydrogen-bond acceptors (Lipinski definition) is 4. The van der Waals surface area contributed by atoms with Crippen molar-refractivity contribution in [1.29, 1.82) is 0 Å². The van der Waals surface area contributed by atoms with Crippen LogP contribution in [0.3, 0.4) is 0 Å². The van der Waals surface area contributed by atoms with Crippen LogP contribution in [0.2, 0.25) is 0 Å². The predicted octanol–water partition coefficient (Wildman–Crippen LogP) is 13.6. The lowest BCUT2D eigenvalue weighted by Crippen LogP contribution is -2.19. The van der Waals surface area contributed by atoms with Crippen LogP contribution in [-0.2, 0) is 18.9 Å². The molecule has 0 N–H and O–H groups in total. The molecule has 264 valence electrons. The van der Waals surface area contributed by atoms with E-state index >= 15 is 0 Å². The summed E-state index contributed by atoms with van der Waals surface area (Å²) in [7, 11) is 0. The van der Waals surface area contributed by atoms with E-state index in [1.54, 1.807) is 0 Å². The number of ether oxygens (including phenoxy) is 4. The first-order valence-electron chi connectivity index (χ1n) is 19.9. The highest BCUT2D eigenvalue weighted by molar-refractivity contribution is 4.72. The van der Waals surface area contributed by atoms with Gasteiger partial charge in [0.25, 0.3) is 0 Å². The second-order valence-corrected chi connectivity index (χ2v) is 13.2. The van der Waals surface area contributed by atoms with Crippen molar-refractivity contribution in [2.24, 2.45) is 0 Å². The SMILES string of the molecule is CCCCCCCCCOCOC=CCCCCCCCCCCCC(OCCCCCCCC)OCCCCCCCC. The van der Waals surface area contributed by atoms with Crippen LogP contribution in [0.4, 0.5) is 0 Å². The normalized spacial score (nSPS) is 11.8. The minimum absolute atomic E-state index is 0.0168. The van der Waals surface area contributed by atoms with Gasteiger partial charge in [-0.15, -0.1) is 0 Å². The van der Waals surface area contributed by atoms with Crippen molar-refractivity contribution < 1.29 is 18.9 Å². The summed E-state index contributed by atoms with van der Waals surface area (Å²) in [5.74, 6) is 0. The molecule has 0 bridgehead atoms. The van der Waals surface area contributed by atoms with E-state index in [9.17, 15) is 0 Å². The van der Waals surface area contributed by atoms with E-state index in [0.717, 1.165) is 39.1 Å². The van der Waals surface area contributed by atoms with Crippen molar-refractivity contribution in [2.75, 3.05) is 26.6 Å². The maximum Gasteiger partial charge on any atom is 0.188 e. The van der Waals surface area contributed by atoms with Gasteiger partial charge in [0.05, 0.1) is 12.9 Å². The maximum atomic E-state index is 6.20. The van der Waals surface area contributed by atoms with Crippen LogP contribution in [0.25, 0.3) is 0 Å². The predicted molar refractivity (Wildman–Crippen MR) is 192 cm³/mol. The Balaban J connectivity index is 3.62. The summed E-state index contributed by atoms with van der Waals surface area (Å²) in [5.41, 5.74) is 0. The summed E-state index contributed by atoms with van der Waals surface area (Å²) in [6.07, 6.45) is 43.1. The Morgan fingerprint density at radius 3 is 1.27 bits per heavy atom. The Morgan fingerprint density at radius 1 is 0.409 bits per heavy atom. The number of rotatable bonds is 39. The van der Waals surface area contributed by atoms with Gasteiger partial charge in [-0.2, -0.15) is 0 Å². The molecule has 0 radical (unpaired) electrons. The van der Waals surface area contributed by atoms with Gasteiger partial charge >= 0.3 is 0 Å². The molecule has 0 aliphatic carbocycles. The molecule has 4 heteroatoms. The Morgan fingerprint density at radius 2 is 0.795 bits per heavy atom. The van der Waals surface area contributed by atoms with E-state index in [1.165, 1.54) is 173 Å². The molecule has 0 heterocycles. The van der Waals surface area contributed by atoms with E-state index in [4.69, 9.17) is 18.9 Å². The molecule has 0 amide bonds. The Kier molecular flexibility index (Phi) is 39.9. The monoisotopic (exact) mass is 625 g/mol. The van der Waals surface area contributed by atoms with Gasteiger partial charge in [-0.3, -0.25) is 0 Å². The van der Waals surface area contributed by atoms with Gasteiger partial charge in [0, 0.05) is 13.2 Å². The fourth-order valence-electron chi connectivity index (χ4n) is 5.66. The van der Waals surface area contributed by atoms with Crippen LogP contribution < -0.4 is 0 Å². The lowest BCUT2D eigenvalue weighted by Gasteiger charge is -2.19. The summed E-state index contributed by atoms with van der Waals surface area (Å²) in [5, 5.41) is 0. The highest BCUT2D eigenvalue weighted by Crippen LogP contribution is 2.15. The Bertz CT molecular complexity index is 506. The van der Waals surface area contributed by atoms with Crippen molar-refractivity contribution in [3.63, 3.8) is 0 Å². The Labute approximate surface area is 277 Å². The van der Waals surface area contributed by atoms with E-state index in [0.29, 0.717) is 6.79 Å². The first-order valence-corrected chi connectivity index (χ1v) is 19.9. The lowest BCUT2D eigenvalue weighted by atomic mass is 10.1. The van der Waals surface area contributed by atoms with Crippen LogP contribution >= 0.6 is 0 Å². The van der Waals surface area contributed by atoms with Gasteiger partial charge in [0.15, 0.2) is 13.1 Å². The lowest BCUT2D eigenvalue weighted by molar-refractivity contribution is -0.148. The van der Waals surface area contributed by atoms with Crippen molar-refractivity contribution in [1.82, 2.24) is 0 Å². The first-order chi connectivity index (χ1) is 21.8. The fraction of sp³-hybridized carbons (Fsp3) is 0.950. The second kappa shape index (κ2) is 40.4. The average molecular weight is 625 g/mol. The average Bonchev–Trinajstić information content (AvgIpc) is 3.03. The zero-order chi connectivity index (χ0) is 31.9. The maximum absolute atomic E-state index is 6.20. The second-order valence-electron chi connectivity index (χ2n) is 13.2. The van der Waals surface area contributed by atoms with Crippen LogP contribution in [0.1, 0.15) is 213 Å². The third-order valence-corrected chi connectivity index (χ3v) is 8.65. The number of allylic oxidation sites excluding steroid dienone is 1. The minimum Gasteiger partial charge on any atom is -0.475 e. The molecule has 0 rings (SSSR count). The molecular weight excluding hydrogens is 544 g/mol. The smallest absolute Gasteiger partial charge is 0.188 e. The third kappa shape index (κ3) is 37.6. The standard InChI is InChI=1S/C40H80O4/c1-4-7-10-13-22-25-30-35-41-39-42-36-31-26-23-20-18-16-17-19-21-24-29-34-40(43-37-32-27-14-11-8-5-2)44-38-33-28-15-12-9-6-3/h31,36,40H,4-30,32-35,37-39H2,1-3H3. The molecule has 0 spiro atoms. The van der Waals surface area contributed by atoms with Crippen molar-refractivity contribution in [2.45, 2.75) is 220 Å². The highest BCUT2D eigenvalue weighted by Gasteiger charge is 2.09. The van der Waals surface area contributed by atoms with Gasteiger partial charge in [-0.1, -0.05) is 168 Å².